The fourth-order valence-corrected chi connectivity index (χ4v) is 7.69. The predicted molar refractivity (Wildman–Crippen MR) is 122 cm³/mol. The number of epoxide rings is 1. The second-order valence-corrected chi connectivity index (χ2v) is 11.0. The van der Waals surface area contributed by atoms with Crippen molar-refractivity contribution in [3.63, 3.8) is 0 Å². The van der Waals surface area contributed by atoms with Gasteiger partial charge in [0.1, 0.15) is 18.0 Å². The van der Waals surface area contributed by atoms with E-state index in [1.54, 1.807) is 6.08 Å². The maximum absolute atomic E-state index is 12.2. The van der Waals surface area contributed by atoms with Gasteiger partial charge in [-0.3, -0.25) is 4.79 Å². The zero-order chi connectivity index (χ0) is 22.4. The molecule has 1 N–H and O–H groups in total. The van der Waals surface area contributed by atoms with E-state index in [4.69, 9.17) is 9.47 Å². The molecule has 5 aliphatic rings. The molecule has 0 unspecified atom stereocenters. The van der Waals surface area contributed by atoms with E-state index in [-0.39, 0.29) is 16.6 Å². The molecule has 0 bridgehead atoms. The molecule has 1 aromatic carbocycles. The van der Waals surface area contributed by atoms with Gasteiger partial charge in [0.15, 0.2) is 5.78 Å². The molecular formula is C28H32O4. The molecule has 0 amide bonds. The number of ether oxygens (including phenoxy) is 2. The molecule has 1 aromatic rings. The van der Waals surface area contributed by atoms with E-state index in [2.05, 4.69) is 32.9 Å². The number of para-hydroxylation sites is 1. The van der Waals surface area contributed by atoms with E-state index in [0.29, 0.717) is 30.8 Å². The highest BCUT2D eigenvalue weighted by Gasteiger charge is 2.75. The van der Waals surface area contributed by atoms with Gasteiger partial charge in [-0.05, 0) is 80.2 Å². The van der Waals surface area contributed by atoms with Crippen LogP contribution in [0.1, 0.15) is 46.5 Å². The van der Waals surface area contributed by atoms with Gasteiger partial charge in [0.05, 0.1) is 0 Å². The average Bonchev–Trinajstić information content (AvgIpc) is 3.50. The van der Waals surface area contributed by atoms with Gasteiger partial charge >= 0.3 is 0 Å². The Morgan fingerprint density at radius 1 is 1.16 bits per heavy atom. The molecule has 32 heavy (non-hydrogen) atoms. The van der Waals surface area contributed by atoms with Gasteiger partial charge < -0.3 is 14.6 Å². The Kier molecular flexibility index (Phi) is 4.12. The zero-order valence-corrected chi connectivity index (χ0v) is 19.1. The Balaban J connectivity index is 1.38. The number of rotatable bonds is 3. The monoisotopic (exact) mass is 432 g/mol. The van der Waals surface area contributed by atoms with Crippen LogP contribution < -0.4 is 4.74 Å². The molecule has 3 fully saturated rings. The number of ketones is 1. The first-order valence-corrected chi connectivity index (χ1v) is 12.0. The first kappa shape index (κ1) is 20.4. The number of hydrogen-bond donors (Lipinski definition) is 1. The van der Waals surface area contributed by atoms with E-state index in [1.807, 2.05) is 36.4 Å². The van der Waals surface area contributed by atoms with Crippen LogP contribution in [0.25, 0.3) is 0 Å². The number of hydrogen-bond acceptors (Lipinski definition) is 4. The predicted octanol–water partition coefficient (Wildman–Crippen LogP) is 5.00. The highest BCUT2D eigenvalue weighted by atomic mass is 16.8. The summed E-state index contributed by atoms with van der Waals surface area (Å²) in [6.07, 6.45) is 11.5. The van der Waals surface area contributed by atoms with E-state index < -0.39 is 11.4 Å². The molecule has 1 heterocycles. The van der Waals surface area contributed by atoms with Crippen LogP contribution in [0.3, 0.4) is 0 Å². The number of benzene rings is 1. The van der Waals surface area contributed by atoms with Crippen LogP contribution >= 0.6 is 0 Å². The number of carbonyl (C=O) groups excluding carboxylic acids is 1. The summed E-state index contributed by atoms with van der Waals surface area (Å²) >= 11 is 0. The van der Waals surface area contributed by atoms with E-state index in [1.165, 1.54) is 11.1 Å². The third kappa shape index (κ3) is 2.48. The van der Waals surface area contributed by atoms with Crippen molar-refractivity contribution in [2.24, 2.45) is 28.6 Å². The Bertz CT molecular complexity index is 1060. The van der Waals surface area contributed by atoms with Crippen molar-refractivity contribution >= 4 is 5.78 Å². The molecular weight excluding hydrogens is 400 g/mol. The maximum Gasteiger partial charge on any atom is 0.264 e. The van der Waals surface area contributed by atoms with Crippen molar-refractivity contribution in [2.45, 2.75) is 57.8 Å². The molecule has 0 radical (unpaired) electrons. The van der Waals surface area contributed by atoms with Crippen molar-refractivity contribution in [3.05, 3.63) is 65.8 Å². The summed E-state index contributed by atoms with van der Waals surface area (Å²) in [7, 11) is 0. The van der Waals surface area contributed by atoms with Crippen LogP contribution in [-0.2, 0) is 9.53 Å². The number of allylic oxidation sites excluding steroid dienone is 6. The molecule has 168 valence electrons. The molecule has 4 nitrogen and oxygen atoms in total. The van der Waals surface area contributed by atoms with Gasteiger partial charge in [-0.1, -0.05) is 49.8 Å². The molecule has 7 atom stereocenters. The largest absolute Gasteiger partial charge is 0.457 e. The van der Waals surface area contributed by atoms with Crippen molar-refractivity contribution < 1.29 is 19.4 Å². The topological polar surface area (TPSA) is 59.1 Å². The summed E-state index contributed by atoms with van der Waals surface area (Å²) in [5, 5.41) is 12.2. The zero-order valence-electron chi connectivity index (χ0n) is 19.1. The van der Waals surface area contributed by atoms with Crippen LogP contribution in [0.4, 0.5) is 0 Å². The van der Waals surface area contributed by atoms with Crippen molar-refractivity contribution in [1.29, 1.82) is 0 Å². The first-order valence-electron chi connectivity index (χ1n) is 12.0. The van der Waals surface area contributed by atoms with E-state index in [9.17, 15) is 9.90 Å². The number of carbonyl (C=O) groups is 1. The third-order valence-electron chi connectivity index (χ3n) is 9.49. The summed E-state index contributed by atoms with van der Waals surface area (Å²) in [6, 6.07) is 9.70. The van der Waals surface area contributed by atoms with Crippen LogP contribution in [0.2, 0.25) is 0 Å². The Hall–Kier alpha value is -2.17. The third-order valence-corrected chi connectivity index (χ3v) is 9.49. The van der Waals surface area contributed by atoms with Gasteiger partial charge in [-0.15, -0.1) is 0 Å². The lowest BCUT2D eigenvalue weighted by molar-refractivity contribution is -0.192. The quantitative estimate of drug-likeness (QED) is 0.540. The smallest absolute Gasteiger partial charge is 0.264 e. The van der Waals surface area contributed by atoms with Gasteiger partial charge in [0.2, 0.25) is 0 Å². The Morgan fingerprint density at radius 2 is 1.91 bits per heavy atom. The van der Waals surface area contributed by atoms with Crippen molar-refractivity contribution in [3.8, 4) is 5.75 Å². The standard InChI is InChI=1S/C28H32O4/c1-18-15-21-22(25(2)12-9-19(29)16-24(18)25)10-13-26(3)23(21)11-14-27(26,30)28(17-31-28)32-20-7-5-4-6-8-20/h4-10,12,16,18,21,23,30H,11,13-15,17H2,1-3H3/t18-,21+,23-,25+,26-,27+,28+/m0/s1. The van der Waals surface area contributed by atoms with E-state index >= 15 is 0 Å². The van der Waals surface area contributed by atoms with Crippen LogP contribution in [0.5, 0.6) is 5.75 Å². The molecule has 0 aromatic heterocycles. The fraction of sp³-hybridized carbons (Fsp3) is 0.536. The lowest BCUT2D eigenvalue weighted by Crippen LogP contribution is -2.60. The highest BCUT2D eigenvalue weighted by Crippen LogP contribution is 2.69. The van der Waals surface area contributed by atoms with Gasteiger partial charge in [-0.25, -0.2) is 0 Å². The first-order chi connectivity index (χ1) is 15.2. The summed E-state index contributed by atoms with van der Waals surface area (Å²) in [6.45, 7) is 7.19. The minimum Gasteiger partial charge on any atom is -0.457 e. The SMILES string of the molecule is C[C@H]1C[C@@H]2C(=CC[C@@]3(C)[C@H]2CC[C@]3(O)[C@]2(Oc3ccccc3)CO2)[C@@]2(C)C=CC(=O)C=C12. The van der Waals surface area contributed by atoms with Crippen molar-refractivity contribution in [1.82, 2.24) is 0 Å². The fourth-order valence-electron chi connectivity index (χ4n) is 7.69. The normalized spacial score (nSPS) is 46.5. The number of fused-ring (bicyclic) bond motifs is 5. The second kappa shape index (κ2) is 6.45. The summed E-state index contributed by atoms with van der Waals surface area (Å²) in [5.74, 6) is 0.979. The Labute approximate surface area is 190 Å². The van der Waals surface area contributed by atoms with Crippen LogP contribution in [0, 0.1) is 28.6 Å². The average molecular weight is 433 g/mol. The van der Waals surface area contributed by atoms with Crippen molar-refractivity contribution in [2.75, 3.05) is 6.61 Å². The second-order valence-electron chi connectivity index (χ2n) is 11.0. The Morgan fingerprint density at radius 3 is 2.62 bits per heavy atom. The molecule has 4 heteroatoms. The lowest BCUT2D eigenvalue weighted by Gasteiger charge is -2.55. The summed E-state index contributed by atoms with van der Waals surface area (Å²) in [5.41, 5.74) is 1.14. The summed E-state index contributed by atoms with van der Waals surface area (Å²) in [4.78, 5) is 12.1. The summed E-state index contributed by atoms with van der Waals surface area (Å²) < 4.78 is 12.3. The van der Waals surface area contributed by atoms with Crippen LogP contribution in [0.15, 0.2) is 65.8 Å². The molecule has 2 saturated carbocycles. The number of aliphatic hydroxyl groups is 1. The van der Waals surface area contributed by atoms with Gasteiger partial charge in [0, 0.05) is 10.8 Å². The minimum absolute atomic E-state index is 0.102. The molecule has 0 spiro atoms. The minimum atomic E-state index is -1.04. The van der Waals surface area contributed by atoms with Gasteiger partial charge in [0.25, 0.3) is 5.79 Å². The van der Waals surface area contributed by atoms with Crippen LogP contribution in [-0.4, -0.2) is 28.9 Å². The molecule has 1 aliphatic heterocycles. The molecule has 4 aliphatic carbocycles. The molecule has 1 saturated heterocycles. The highest BCUT2D eigenvalue weighted by molar-refractivity contribution is 6.01. The van der Waals surface area contributed by atoms with Gasteiger partial charge in [-0.2, -0.15) is 0 Å². The maximum atomic E-state index is 12.2. The lowest BCUT2D eigenvalue weighted by atomic mass is 9.49. The molecule has 6 rings (SSSR count). The van der Waals surface area contributed by atoms with E-state index in [0.717, 1.165) is 25.0 Å².